The first-order valence-electron chi connectivity index (χ1n) is 5.73. The standard InChI is InChI=1S/C13H14N4/c14-13-15-7-6-12(17-13)16-11-8-10(11)9-4-2-1-3-5-9/h1-7,10-11H,8H2,(H3,14,15,16,17). The molecule has 3 rings (SSSR count). The summed E-state index contributed by atoms with van der Waals surface area (Å²) >= 11 is 0. The molecule has 1 fully saturated rings. The molecular formula is C13H14N4. The molecule has 3 N–H and O–H groups in total. The summed E-state index contributed by atoms with van der Waals surface area (Å²) in [5.41, 5.74) is 6.92. The summed E-state index contributed by atoms with van der Waals surface area (Å²) < 4.78 is 0. The molecule has 4 nitrogen and oxygen atoms in total. The van der Waals surface area contributed by atoms with Gasteiger partial charge in [0, 0.05) is 18.2 Å². The number of rotatable bonds is 3. The summed E-state index contributed by atoms with van der Waals surface area (Å²) in [4.78, 5) is 8.01. The largest absolute Gasteiger partial charge is 0.368 e. The van der Waals surface area contributed by atoms with Crippen LogP contribution in [0.3, 0.4) is 0 Å². The van der Waals surface area contributed by atoms with Gasteiger partial charge < -0.3 is 11.1 Å². The highest BCUT2D eigenvalue weighted by atomic mass is 15.1. The first-order valence-corrected chi connectivity index (χ1v) is 5.73. The molecule has 17 heavy (non-hydrogen) atoms. The lowest BCUT2D eigenvalue weighted by Crippen LogP contribution is -2.07. The molecule has 1 saturated carbocycles. The minimum atomic E-state index is 0.312. The molecule has 4 heteroatoms. The van der Waals surface area contributed by atoms with E-state index in [9.17, 15) is 0 Å². The molecule has 0 saturated heterocycles. The van der Waals surface area contributed by atoms with E-state index >= 15 is 0 Å². The molecule has 0 aliphatic heterocycles. The number of nitrogens with zero attached hydrogens (tertiary/aromatic N) is 2. The van der Waals surface area contributed by atoms with Crippen molar-refractivity contribution < 1.29 is 0 Å². The molecule has 1 heterocycles. The van der Waals surface area contributed by atoms with Crippen LogP contribution in [0.2, 0.25) is 0 Å². The quantitative estimate of drug-likeness (QED) is 0.840. The monoisotopic (exact) mass is 226 g/mol. The Labute approximate surface area is 99.9 Å². The van der Waals surface area contributed by atoms with Crippen LogP contribution in [0.4, 0.5) is 11.8 Å². The van der Waals surface area contributed by atoms with E-state index in [0.29, 0.717) is 17.9 Å². The Balaban J connectivity index is 1.66. The molecular weight excluding hydrogens is 212 g/mol. The number of aromatic nitrogens is 2. The SMILES string of the molecule is Nc1nccc(NC2CC2c2ccccc2)n1. The van der Waals surface area contributed by atoms with Gasteiger partial charge in [-0.05, 0) is 18.1 Å². The van der Waals surface area contributed by atoms with Gasteiger partial charge in [0.1, 0.15) is 5.82 Å². The zero-order valence-corrected chi connectivity index (χ0v) is 9.38. The molecule has 1 aliphatic rings. The highest BCUT2D eigenvalue weighted by Crippen LogP contribution is 2.42. The normalized spacial score (nSPS) is 22.1. The van der Waals surface area contributed by atoms with Crippen molar-refractivity contribution in [2.75, 3.05) is 11.1 Å². The van der Waals surface area contributed by atoms with Crippen LogP contribution >= 0.6 is 0 Å². The van der Waals surface area contributed by atoms with Crippen LogP contribution < -0.4 is 11.1 Å². The van der Waals surface area contributed by atoms with Crippen molar-refractivity contribution in [3.8, 4) is 0 Å². The summed E-state index contributed by atoms with van der Waals surface area (Å²) in [6.07, 6.45) is 2.82. The molecule has 2 unspecified atom stereocenters. The molecule has 1 aliphatic carbocycles. The molecule has 1 aromatic carbocycles. The Hall–Kier alpha value is -2.10. The third kappa shape index (κ3) is 2.20. The molecule has 2 aromatic rings. The molecule has 0 spiro atoms. The van der Waals surface area contributed by atoms with Gasteiger partial charge >= 0.3 is 0 Å². The highest BCUT2D eigenvalue weighted by molar-refractivity contribution is 5.43. The fraction of sp³-hybridized carbons (Fsp3) is 0.231. The first-order chi connectivity index (χ1) is 8.33. The molecule has 0 amide bonds. The maximum atomic E-state index is 5.54. The Morgan fingerprint density at radius 2 is 2.00 bits per heavy atom. The second-order valence-electron chi connectivity index (χ2n) is 4.30. The lowest BCUT2D eigenvalue weighted by atomic mass is 10.1. The Morgan fingerprint density at radius 3 is 2.76 bits per heavy atom. The van der Waals surface area contributed by atoms with Crippen molar-refractivity contribution in [1.82, 2.24) is 9.97 Å². The zero-order chi connectivity index (χ0) is 11.7. The summed E-state index contributed by atoms with van der Waals surface area (Å²) in [5, 5.41) is 3.37. The highest BCUT2D eigenvalue weighted by Gasteiger charge is 2.38. The van der Waals surface area contributed by atoms with E-state index in [-0.39, 0.29) is 0 Å². The Bertz CT molecular complexity index is 512. The van der Waals surface area contributed by atoms with Crippen molar-refractivity contribution in [2.45, 2.75) is 18.4 Å². The van der Waals surface area contributed by atoms with Gasteiger partial charge in [0.15, 0.2) is 0 Å². The van der Waals surface area contributed by atoms with E-state index in [1.807, 2.05) is 12.1 Å². The number of nitrogens with two attached hydrogens (primary N) is 1. The molecule has 0 radical (unpaired) electrons. The first kappa shape index (κ1) is 10.1. The Morgan fingerprint density at radius 1 is 1.18 bits per heavy atom. The van der Waals surface area contributed by atoms with Crippen molar-refractivity contribution in [3.05, 3.63) is 48.2 Å². The van der Waals surface area contributed by atoms with Crippen LogP contribution in [0, 0.1) is 0 Å². The zero-order valence-electron chi connectivity index (χ0n) is 9.38. The van der Waals surface area contributed by atoms with Crippen LogP contribution in [0.1, 0.15) is 17.9 Å². The number of nitrogen functional groups attached to an aromatic ring is 1. The van der Waals surface area contributed by atoms with Gasteiger partial charge in [0.25, 0.3) is 0 Å². The van der Waals surface area contributed by atoms with E-state index in [1.54, 1.807) is 6.20 Å². The predicted molar refractivity (Wildman–Crippen MR) is 67.7 cm³/mol. The van der Waals surface area contributed by atoms with Gasteiger partial charge in [-0.3, -0.25) is 0 Å². The van der Waals surface area contributed by atoms with Crippen LogP contribution in [-0.4, -0.2) is 16.0 Å². The number of anilines is 2. The molecule has 86 valence electrons. The summed E-state index contributed by atoms with van der Waals surface area (Å²) in [6.45, 7) is 0. The van der Waals surface area contributed by atoms with Gasteiger partial charge in [0.2, 0.25) is 5.95 Å². The third-order valence-electron chi connectivity index (χ3n) is 3.03. The average Bonchev–Trinajstić information content (AvgIpc) is 3.10. The van der Waals surface area contributed by atoms with Gasteiger partial charge in [-0.25, -0.2) is 4.98 Å². The lowest BCUT2D eigenvalue weighted by molar-refractivity contribution is 1.02. The average molecular weight is 226 g/mol. The number of hydrogen-bond acceptors (Lipinski definition) is 4. The van der Waals surface area contributed by atoms with Gasteiger partial charge in [-0.15, -0.1) is 0 Å². The fourth-order valence-corrected chi connectivity index (χ4v) is 2.07. The second kappa shape index (κ2) is 4.05. The van der Waals surface area contributed by atoms with E-state index in [0.717, 1.165) is 12.2 Å². The van der Waals surface area contributed by atoms with Crippen LogP contribution in [0.5, 0.6) is 0 Å². The second-order valence-corrected chi connectivity index (χ2v) is 4.30. The molecule has 2 atom stereocenters. The summed E-state index contributed by atoms with van der Waals surface area (Å²) in [5.74, 6) is 1.71. The van der Waals surface area contributed by atoms with Crippen molar-refractivity contribution >= 4 is 11.8 Å². The lowest BCUT2D eigenvalue weighted by Gasteiger charge is -2.05. The maximum absolute atomic E-state index is 5.54. The maximum Gasteiger partial charge on any atom is 0.221 e. The Kier molecular flexibility index (Phi) is 2.40. The van der Waals surface area contributed by atoms with E-state index < -0.39 is 0 Å². The van der Waals surface area contributed by atoms with E-state index in [4.69, 9.17) is 5.73 Å². The summed E-state index contributed by atoms with van der Waals surface area (Å²) in [7, 11) is 0. The number of hydrogen-bond donors (Lipinski definition) is 2. The van der Waals surface area contributed by atoms with Crippen molar-refractivity contribution in [1.29, 1.82) is 0 Å². The van der Waals surface area contributed by atoms with Crippen LogP contribution in [0.25, 0.3) is 0 Å². The number of benzene rings is 1. The minimum Gasteiger partial charge on any atom is -0.368 e. The third-order valence-corrected chi connectivity index (χ3v) is 3.03. The van der Waals surface area contributed by atoms with Gasteiger partial charge in [0.05, 0.1) is 0 Å². The van der Waals surface area contributed by atoms with Gasteiger partial charge in [-0.1, -0.05) is 30.3 Å². The fourth-order valence-electron chi connectivity index (χ4n) is 2.07. The van der Waals surface area contributed by atoms with Crippen LogP contribution in [0.15, 0.2) is 42.6 Å². The van der Waals surface area contributed by atoms with E-state index in [2.05, 4.69) is 39.6 Å². The van der Waals surface area contributed by atoms with Crippen molar-refractivity contribution in [3.63, 3.8) is 0 Å². The van der Waals surface area contributed by atoms with Crippen LogP contribution in [-0.2, 0) is 0 Å². The molecule has 1 aromatic heterocycles. The topological polar surface area (TPSA) is 63.8 Å². The van der Waals surface area contributed by atoms with Gasteiger partial charge in [-0.2, -0.15) is 4.98 Å². The molecule has 0 bridgehead atoms. The van der Waals surface area contributed by atoms with E-state index in [1.165, 1.54) is 5.56 Å². The van der Waals surface area contributed by atoms with Crippen molar-refractivity contribution in [2.24, 2.45) is 0 Å². The predicted octanol–water partition coefficient (Wildman–Crippen LogP) is 2.03. The minimum absolute atomic E-state index is 0.312. The number of nitrogens with one attached hydrogen (secondary N) is 1. The summed E-state index contributed by atoms with van der Waals surface area (Å²) in [6, 6.07) is 12.8. The smallest absolute Gasteiger partial charge is 0.221 e.